The predicted octanol–water partition coefficient (Wildman–Crippen LogP) is 0.889. The van der Waals surface area contributed by atoms with Crippen molar-refractivity contribution in [2.24, 2.45) is 0 Å². The molecule has 1 aromatic rings. The summed E-state index contributed by atoms with van der Waals surface area (Å²) < 4.78 is 5.61. The van der Waals surface area contributed by atoms with E-state index in [1.54, 1.807) is 6.92 Å². The monoisotopic (exact) mass is 267 g/mol. The molecule has 1 aromatic heterocycles. The maximum absolute atomic E-state index is 11.2. The molecule has 0 aromatic carbocycles. The number of aryl methyl sites for hydroxylation is 1. The maximum Gasteiger partial charge on any atom is 0.332 e. The zero-order chi connectivity index (χ0) is 14.2. The van der Waals surface area contributed by atoms with E-state index < -0.39 is 4.92 Å². The Morgan fingerprint density at radius 3 is 2.47 bits per heavy atom. The van der Waals surface area contributed by atoms with Crippen LogP contribution in [0.4, 0.5) is 17.5 Å². The molecule has 2 atom stereocenters. The van der Waals surface area contributed by atoms with E-state index >= 15 is 0 Å². The van der Waals surface area contributed by atoms with Gasteiger partial charge in [-0.15, -0.1) is 0 Å². The molecule has 0 spiro atoms. The number of nitrogen functional groups attached to an aromatic ring is 1. The number of hydrogen-bond donors (Lipinski definition) is 1. The van der Waals surface area contributed by atoms with E-state index in [0.717, 1.165) is 0 Å². The van der Waals surface area contributed by atoms with Gasteiger partial charge in [-0.3, -0.25) is 10.1 Å². The molecule has 0 saturated carbocycles. The lowest BCUT2D eigenvalue weighted by Crippen LogP contribution is -2.46. The normalized spacial score (nSPS) is 23.4. The van der Waals surface area contributed by atoms with E-state index in [-0.39, 0.29) is 35.4 Å². The number of hydrogen-bond acceptors (Lipinski definition) is 7. The fourth-order valence-electron chi connectivity index (χ4n) is 2.36. The number of ether oxygens (including phenoxy) is 1. The van der Waals surface area contributed by atoms with Crippen LogP contribution in [0.3, 0.4) is 0 Å². The third-order valence-electron chi connectivity index (χ3n) is 2.96. The zero-order valence-corrected chi connectivity index (χ0v) is 11.2. The Kier molecular flexibility index (Phi) is 3.52. The average Bonchev–Trinajstić information content (AvgIpc) is 2.25. The third kappa shape index (κ3) is 2.73. The molecule has 1 aliphatic rings. The summed E-state index contributed by atoms with van der Waals surface area (Å²) in [6.45, 7) is 6.49. The minimum Gasteiger partial charge on any atom is -0.372 e. The molecule has 1 aliphatic heterocycles. The van der Waals surface area contributed by atoms with Gasteiger partial charge in [-0.2, -0.15) is 4.98 Å². The number of aromatic nitrogens is 2. The summed E-state index contributed by atoms with van der Waals surface area (Å²) in [6, 6.07) is 0. The first-order valence-corrected chi connectivity index (χ1v) is 6.07. The molecule has 2 N–H and O–H groups in total. The molecule has 0 radical (unpaired) electrons. The lowest BCUT2D eigenvalue weighted by Gasteiger charge is -2.35. The fraction of sp³-hybridized carbons (Fsp3) is 0.636. The van der Waals surface area contributed by atoms with Crippen LogP contribution in [0.5, 0.6) is 0 Å². The molecule has 1 saturated heterocycles. The van der Waals surface area contributed by atoms with Gasteiger partial charge in [0.1, 0.15) is 5.69 Å². The summed E-state index contributed by atoms with van der Waals surface area (Å²) in [5, 5.41) is 11.2. The molecule has 2 rings (SSSR count). The molecule has 0 aliphatic carbocycles. The van der Waals surface area contributed by atoms with Crippen LogP contribution < -0.4 is 10.6 Å². The van der Waals surface area contributed by atoms with Crippen molar-refractivity contribution in [2.75, 3.05) is 23.7 Å². The smallest absolute Gasteiger partial charge is 0.332 e. The first kappa shape index (κ1) is 13.5. The summed E-state index contributed by atoms with van der Waals surface area (Å²) >= 11 is 0. The number of rotatable bonds is 2. The molecule has 2 heterocycles. The topological polar surface area (TPSA) is 107 Å². The van der Waals surface area contributed by atoms with Crippen molar-refractivity contribution >= 4 is 17.5 Å². The highest BCUT2D eigenvalue weighted by Crippen LogP contribution is 2.31. The number of morpholine rings is 1. The average molecular weight is 267 g/mol. The highest BCUT2D eigenvalue weighted by Gasteiger charge is 2.31. The second kappa shape index (κ2) is 4.96. The van der Waals surface area contributed by atoms with Crippen LogP contribution in [0.25, 0.3) is 0 Å². The first-order chi connectivity index (χ1) is 8.88. The summed E-state index contributed by atoms with van der Waals surface area (Å²) in [7, 11) is 0. The molecule has 2 unspecified atom stereocenters. The predicted molar refractivity (Wildman–Crippen MR) is 70.1 cm³/mol. The van der Waals surface area contributed by atoms with Crippen LogP contribution in [0, 0.1) is 17.0 Å². The minimum atomic E-state index is -0.463. The van der Waals surface area contributed by atoms with Gasteiger partial charge < -0.3 is 15.4 Å². The highest BCUT2D eigenvalue weighted by atomic mass is 16.6. The number of nitrogens with two attached hydrogens (primary N) is 1. The van der Waals surface area contributed by atoms with Gasteiger partial charge in [-0.1, -0.05) is 0 Å². The van der Waals surface area contributed by atoms with E-state index in [1.807, 2.05) is 18.7 Å². The molecule has 0 amide bonds. The van der Waals surface area contributed by atoms with E-state index in [9.17, 15) is 10.1 Å². The molecule has 8 nitrogen and oxygen atoms in total. The molecule has 104 valence electrons. The van der Waals surface area contributed by atoms with Crippen LogP contribution >= 0.6 is 0 Å². The van der Waals surface area contributed by atoms with Crippen LogP contribution in [0.1, 0.15) is 19.5 Å². The fourth-order valence-corrected chi connectivity index (χ4v) is 2.36. The second-order valence-electron chi connectivity index (χ2n) is 4.76. The van der Waals surface area contributed by atoms with Crippen LogP contribution in [-0.4, -0.2) is 40.2 Å². The van der Waals surface area contributed by atoms with Crippen molar-refractivity contribution < 1.29 is 9.66 Å². The van der Waals surface area contributed by atoms with Crippen molar-refractivity contribution in [3.63, 3.8) is 0 Å². The van der Waals surface area contributed by atoms with Gasteiger partial charge in [0, 0.05) is 13.1 Å². The Hall–Kier alpha value is -1.96. The highest BCUT2D eigenvalue weighted by molar-refractivity contribution is 5.62. The van der Waals surface area contributed by atoms with Crippen molar-refractivity contribution in [3.05, 3.63) is 15.8 Å². The third-order valence-corrected chi connectivity index (χ3v) is 2.96. The molecule has 1 fully saturated rings. The Balaban J connectivity index is 2.45. The summed E-state index contributed by atoms with van der Waals surface area (Å²) in [5.41, 5.74) is 5.79. The Morgan fingerprint density at radius 2 is 1.95 bits per heavy atom. The van der Waals surface area contributed by atoms with Gasteiger partial charge in [-0.25, -0.2) is 4.98 Å². The lowest BCUT2D eigenvalue weighted by molar-refractivity contribution is -0.385. The largest absolute Gasteiger partial charge is 0.372 e. The van der Waals surface area contributed by atoms with E-state index in [2.05, 4.69) is 9.97 Å². The Labute approximate surface area is 110 Å². The van der Waals surface area contributed by atoms with Crippen LogP contribution in [0.15, 0.2) is 0 Å². The first-order valence-electron chi connectivity index (χ1n) is 6.07. The SMILES string of the molecule is Cc1nc(N)nc(N2CC(C)OC(C)C2)c1[N+](=O)[O-]. The van der Waals surface area contributed by atoms with Crippen molar-refractivity contribution in [1.82, 2.24) is 9.97 Å². The van der Waals surface area contributed by atoms with E-state index in [1.165, 1.54) is 0 Å². The van der Waals surface area contributed by atoms with Gasteiger partial charge in [-0.05, 0) is 20.8 Å². The van der Waals surface area contributed by atoms with Gasteiger partial charge >= 0.3 is 5.69 Å². The van der Waals surface area contributed by atoms with Gasteiger partial charge in [0.25, 0.3) is 0 Å². The van der Waals surface area contributed by atoms with Gasteiger partial charge in [0.2, 0.25) is 11.8 Å². The zero-order valence-electron chi connectivity index (χ0n) is 11.2. The standard InChI is InChI=1S/C11H17N5O3/c1-6-4-15(5-7(2)19-6)10-9(16(17)18)8(3)13-11(12)14-10/h6-7H,4-5H2,1-3H3,(H2,12,13,14). The van der Waals surface area contributed by atoms with E-state index in [4.69, 9.17) is 10.5 Å². The molecular weight excluding hydrogens is 250 g/mol. The minimum absolute atomic E-state index is 0.0140. The summed E-state index contributed by atoms with van der Waals surface area (Å²) in [6.07, 6.45) is -0.0281. The Morgan fingerprint density at radius 1 is 1.37 bits per heavy atom. The van der Waals surface area contributed by atoms with Gasteiger partial charge in [0.15, 0.2) is 0 Å². The second-order valence-corrected chi connectivity index (χ2v) is 4.76. The quantitative estimate of drug-likeness (QED) is 0.626. The maximum atomic E-state index is 11.2. The van der Waals surface area contributed by atoms with Crippen molar-refractivity contribution in [1.29, 1.82) is 0 Å². The lowest BCUT2D eigenvalue weighted by atomic mass is 10.2. The molecular formula is C11H17N5O3. The molecule has 8 heteroatoms. The Bertz CT molecular complexity index is 497. The number of nitrogens with zero attached hydrogens (tertiary/aromatic N) is 4. The summed E-state index contributed by atoms with van der Waals surface area (Å²) in [5.74, 6) is 0.321. The number of nitro groups is 1. The molecule has 19 heavy (non-hydrogen) atoms. The van der Waals surface area contributed by atoms with E-state index in [0.29, 0.717) is 13.1 Å². The van der Waals surface area contributed by atoms with Crippen molar-refractivity contribution in [2.45, 2.75) is 33.0 Å². The van der Waals surface area contributed by atoms with Crippen molar-refractivity contribution in [3.8, 4) is 0 Å². The summed E-state index contributed by atoms with van der Waals surface area (Å²) in [4.78, 5) is 20.5. The van der Waals surface area contributed by atoms with Gasteiger partial charge in [0.05, 0.1) is 17.1 Å². The molecule has 0 bridgehead atoms. The van der Waals surface area contributed by atoms with Crippen LogP contribution in [-0.2, 0) is 4.74 Å². The number of anilines is 2. The van der Waals surface area contributed by atoms with Crippen LogP contribution in [0.2, 0.25) is 0 Å².